The summed E-state index contributed by atoms with van der Waals surface area (Å²) in [5.74, 6) is 1.70. The van der Waals surface area contributed by atoms with Gasteiger partial charge in [0.15, 0.2) is 5.82 Å². The SMILES string of the molecule is CC1COc2nc(Cl)nc(N3CCOCC3)c2O1. The molecule has 0 radical (unpaired) electrons. The lowest BCUT2D eigenvalue weighted by atomic mass is 10.3. The van der Waals surface area contributed by atoms with Gasteiger partial charge in [0, 0.05) is 13.1 Å². The van der Waals surface area contributed by atoms with Gasteiger partial charge in [0.1, 0.15) is 12.7 Å². The van der Waals surface area contributed by atoms with Crippen molar-refractivity contribution in [1.29, 1.82) is 0 Å². The van der Waals surface area contributed by atoms with Crippen LogP contribution >= 0.6 is 11.6 Å². The van der Waals surface area contributed by atoms with Gasteiger partial charge in [0.25, 0.3) is 5.88 Å². The van der Waals surface area contributed by atoms with Crippen LogP contribution in [0.5, 0.6) is 11.6 Å². The predicted octanol–water partition coefficient (Wildman–Crippen LogP) is 1.13. The van der Waals surface area contributed by atoms with Crippen molar-refractivity contribution in [3.05, 3.63) is 5.28 Å². The molecular formula is C11H14ClN3O3. The van der Waals surface area contributed by atoms with Crippen molar-refractivity contribution in [2.75, 3.05) is 37.8 Å². The number of halogens is 1. The lowest BCUT2D eigenvalue weighted by Gasteiger charge is -2.31. The van der Waals surface area contributed by atoms with E-state index < -0.39 is 0 Å². The molecule has 2 aliphatic rings. The van der Waals surface area contributed by atoms with Crippen LogP contribution in [0.3, 0.4) is 0 Å². The van der Waals surface area contributed by atoms with E-state index in [0.29, 0.717) is 37.3 Å². The van der Waals surface area contributed by atoms with Crippen molar-refractivity contribution < 1.29 is 14.2 Å². The number of hydrogen-bond acceptors (Lipinski definition) is 6. The minimum Gasteiger partial charge on any atom is -0.479 e. The summed E-state index contributed by atoms with van der Waals surface area (Å²) in [6.07, 6.45) is -0.0120. The molecule has 0 amide bonds. The van der Waals surface area contributed by atoms with E-state index in [1.807, 2.05) is 6.92 Å². The number of ether oxygens (including phenoxy) is 3. The summed E-state index contributed by atoms with van der Waals surface area (Å²) in [5.41, 5.74) is 0. The van der Waals surface area contributed by atoms with Gasteiger partial charge in [-0.25, -0.2) is 0 Å². The van der Waals surface area contributed by atoms with Crippen LogP contribution in [-0.4, -0.2) is 49.0 Å². The highest BCUT2D eigenvalue weighted by molar-refractivity contribution is 6.28. The Bertz CT molecular complexity index is 451. The zero-order chi connectivity index (χ0) is 12.5. The molecule has 1 aromatic heterocycles. The number of hydrogen-bond donors (Lipinski definition) is 0. The first-order chi connectivity index (χ1) is 8.74. The van der Waals surface area contributed by atoms with Crippen molar-refractivity contribution in [2.45, 2.75) is 13.0 Å². The van der Waals surface area contributed by atoms with Crippen LogP contribution in [-0.2, 0) is 4.74 Å². The molecule has 2 aliphatic heterocycles. The highest BCUT2D eigenvalue weighted by Crippen LogP contribution is 2.39. The molecule has 0 N–H and O–H groups in total. The molecule has 3 rings (SSSR count). The number of morpholine rings is 1. The Kier molecular flexibility index (Phi) is 3.13. The van der Waals surface area contributed by atoms with Crippen LogP contribution < -0.4 is 14.4 Å². The minimum atomic E-state index is -0.0120. The van der Waals surface area contributed by atoms with Gasteiger partial charge in [-0.3, -0.25) is 0 Å². The molecule has 0 aliphatic carbocycles. The van der Waals surface area contributed by atoms with E-state index in [9.17, 15) is 0 Å². The zero-order valence-corrected chi connectivity index (χ0v) is 10.8. The molecule has 1 atom stereocenters. The van der Waals surface area contributed by atoms with Crippen LogP contribution in [0.1, 0.15) is 6.92 Å². The monoisotopic (exact) mass is 271 g/mol. The fourth-order valence-electron chi connectivity index (χ4n) is 2.02. The average Bonchev–Trinajstić information content (AvgIpc) is 2.39. The smallest absolute Gasteiger partial charge is 0.264 e. The molecule has 1 fully saturated rings. The average molecular weight is 272 g/mol. The summed E-state index contributed by atoms with van der Waals surface area (Å²) in [4.78, 5) is 10.4. The Balaban J connectivity index is 1.99. The second-order valence-electron chi connectivity index (χ2n) is 4.29. The Hall–Kier alpha value is -1.27. The second-order valence-corrected chi connectivity index (χ2v) is 4.63. The second kappa shape index (κ2) is 4.78. The predicted molar refractivity (Wildman–Crippen MR) is 65.7 cm³/mol. The maximum absolute atomic E-state index is 5.92. The minimum absolute atomic E-state index is 0.0120. The molecule has 1 unspecified atom stereocenters. The summed E-state index contributed by atoms with van der Waals surface area (Å²) in [6.45, 7) is 5.29. The summed E-state index contributed by atoms with van der Waals surface area (Å²) >= 11 is 5.92. The van der Waals surface area contributed by atoms with E-state index in [1.54, 1.807) is 0 Å². The van der Waals surface area contributed by atoms with E-state index in [-0.39, 0.29) is 11.4 Å². The summed E-state index contributed by atoms with van der Waals surface area (Å²) < 4.78 is 16.6. The van der Waals surface area contributed by atoms with Crippen LogP contribution in [0.2, 0.25) is 5.28 Å². The summed E-state index contributed by atoms with van der Waals surface area (Å²) in [6, 6.07) is 0. The molecule has 3 heterocycles. The first-order valence-electron chi connectivity index (χ1n) is 5.94. The van der Waals surface area contributed by atoms with E-state index in [2.05, 4.69) is 14.9 Å². The third-order valence-corrected chi connectivity index (χ3v) is 3.04. The first kappa shape index (κ1) is 11.8. The van der Waals surface area contributed by atoms with E-state index in [1.165, 1.54) is 0 Å². The molecule has 18 heavy (non-hydrogen) atoms. The third kappa shape index (κ3) is 2.18. The summed E-state index contributed by atoms with van der Waals surface area (Å²) in [5, 5.41) is 0.174. The quantitative estimate of drug-likeness (QED) is 0.714. The van der Waals surface area contributed by atoms with Crippen molar-refractivity contribution >= 4 is 17.4 Å². The molecule has 7 heteroatoms. The summed E-state index contributed by atoms with van der Waals surface area (Å²) in [7, 11) is 0. The van der Waals surface area contributed by atoms with Crippen molar-refractivity contribution in [3.63, 3.8) is 0 Å². The fraction of sp³-hybridized carbons (Fsp3) is 0.636. The third-order valence-electron chi connectivity index (χ3n) is 2.87. The van der Waals surface area contributed by atoms with Gasteiger partial charge in [-0.05, 0) is 18.5 Å². The number of fused-ring (bicyclic) bond motifs is 1. The molecule has 0 spiro atoms. The van der Waals surface area contributed by atoms with Crippen LogP contribution in [0, 0.1) is 0 Å². The van der Waals surface area contributed by atoms with Crippen molar-refractivity contribution in [2.24, 2.45) is 0 Å². The maximum Gasteiger partial charge on any atom is 0.264 e. The number of rotatable bonds is 1. The van der Waals surface area contributed by atoms with Crippen molar-refractivity contribution in [3.8, 4) is 11.6 Å². The lowest BCUT2D eigenvalue weighted by molar-refractivity contribution is 0.0962. The normalized spacial score (nSPS) is 23.0. The first-order valence-corrected chi connectivity index (χ1v) is 6.31. The Morgan fingerprint density at radius 3 is 2.83 bits per heavy atom. The van der Waals surface area contributed by atoms with Gasteiger partial charge in [0.05, 0.1) is 13.2 Å². The highest BCUT2D eigenvalue weighted by atomic mass is 35.5. The molecule has 0 bridgehead atoms. The van der Waals surface area contributed by atoms with Crippen LogP contribution in [0.15, 0.2) is 0 Å². The van der Waals surface area contributed by atoms with Gasteiger partial charge in [-0.2, -0.15) is 9.97 Å². The fourth-order valence-corrected chi connectivity index (χ4v) is 2.17. The standard InChI is InChI=1S/C11H14ClN3O3/c1-7-6-17-10-8(18-7)9(13-11(12)14-10)15-2-4-16-5-3-15/h7H,2-6H2,1H3. The topological polar surface area (TPSA) is 56.7 Å². The lowest BCUT2D eigenvalue weighted by Crippen LogP contribution is -2.38. The van der Waals surface area contributed by atoms with Gasteiger partial charge in [0.2, 0.25) is 11.0 Å². The number of nitrogens with zero attached hydrogens (tertiary/aromatic N) is 3. The Morgan fingerprint density at radius 2 is 2.06 bits per heavy atom. The van der Waals surface area contributed by atoms with E-state index in [4.69, 9.17) is 25.8 Å². The van der Waals surface area contributed by atoms with Gasteiger partial charge < -0.3 is 19.1 Å². The van der Waals surface area contributed by atoms with Crippen molar-refractivity contribution in [1.82, 2.24) is 9.97 Å². The number of anilines is 1. The highest BCUT2D eigenvalue weighted by Gasteiger charge is 2.28. The largest absolute Gasteiger partial charge is 0.479 e. The van der Waals surface area contributed by atoms with E-state index in [0.717, 1.165) is 13.1 Å². The molecule has 1 aromatic rings. The van der Waals surface area contributed by atoms with Crippen LogP contribution in [0.25, 0.3) is 0 Å². The van der Waals surface area contributed by atoms with Gasteiger partial charge >= 0.3 is 0 Å². The van der Waals surface area contributed by atoms with Gasteiger partial charge in [-0.1, -0.05) is 0 Å². The molecule has 6 nitrogen and oxygen atoms in total. The Morgan fingerprint density at radius 1 is 1.28 bits per heavy atom. The molecule has 98 valence electrons. The Labute approximate surface area is 110 Å². The molecular weight excluding hydrogens is 258 g/mol. The molecule has 0 saturated carbocycles. The van der Waals surface area contributed by atoms with Crippen LogP contribution in [0.4, 0.5) is 5.82 Å². The van der Waals surface area contributed by atoms with E-state index >= 15 is 0 Å². The molecule has 0 aromatic carbocycles. The maximum atomic E-state index is 5.92. The van der Waals surface area contributed by atoms with Gasteiger partial charge in [-0.15, -0.1) is 0 Å². The number of aromatic nitrogens is 2. The zero-order valence-electron chi connectivity index (χ0n) is 10.1. The molecule has 1 saturated heterocycles.